The van der Waals surface area contributed by atoms with Gasteiger partial charge in [0.25, 0.3) is 0 Å². The number of aromatic hydroxyl groups is 2. The average Bonchev–Trinajstić information content (AvgIpc) is 2.81. The number of phenols is 1. The van der Waals surface area contributed by atoms with E-state index in [1.54, 1.807) is 0 Å². The highest BCUT2D eigenvalue weighted by atomic mass is 16.7. The first-order valence-corrected chi connectivity index (χ1v) is 9.89. The maximum atomic E-state index is 13.1. The van der Waals surface area contributed by atoms with E-state index < -0.39 is 48.5 Å². The van der Waals surface area contributed by atoms with Gasteiger partial charge in [0.1, 0.15) is 52.6 Å². The summed E-state index contributed by atoms with van der Waals surface area (Å²) in [4.78, 5) is 13.1. The highest BCUT2D eigenvalue weighted by Gasteiger charge is 2.45. The lowest BCUT2D eigenvalue weighted by Crippen LogP contribution is -2.60. The molecule has 5 atom stereocenters. The summed E-state index contributed by atoms with van der Waals surface area (Å²) in [6.07, 6.45) is -7.80. The molecule has 1 aliphatic heterocycles. The number of hydrogen-bond donors (Lipinski definition) is 6. The predicted molar refractivity (Wildman–Crippen MR) is 112 cm³/mol. The molecule has 0 spiro atoms. The van der Waals surface area contributed by atoms with Crippen LogP contribution in [-0.2, 0) is 4.74 Å². The van der Waals surface area contributed by atoms with E-state index in [9.17, 15) is 35.4 Å². The van der Waals surface area contributed by atoms with E-state index >= 15 is 0 Å². The molecule has 1 saturated heterocycles. The fourth-order valence-corrected chi connectivity index (χ4v) is 3.56. The number of benzene rings is 2. The monoisotopic (exact) mass is 462 g/mol. The van der Waals surface area contributed by atoms with Crippen LogP contribution in [0.5, 0.6) is 23.0 Å². The second-order valence-corrected chi connectivity index (χ2v) is 7.47. The minimum absolute atomic E-state index is 0.0155. The van der Waals surface area contributed by atoms with E-state index in [0.29, 0.717) is 5.56 Å². The van der Waals surface area contributed by atoms with Crippen LogP contribution >= 0.6 is 0 Å². The van der Waals surface area contributed by atoms with Crippen LogP contribution < -0.4 is 14.9 Å². The Balaban J connectivity index is 1.83. The molecule has 176 valence electrons. The second-order valence-electron chi connectivity index (χ2n) is 7.47. The van der Waals surface area contributed by atoms with Gasteiger partial charge in [0.05, 0.1) is 13.7 Å². The fourth-order valence-electron chi connectivity index (χ4n) is 3.56. The summed E-state index contributed by atoms with van der Waals surface area (Å²) in [6, 6.07) is 8.30. The van der Waals surface area contributed by atoms with Gasteiger partial charge in [0.2, 0.25) is 17.5 Å². The summed E-state index contributed by atoms with van der Waals surface area (Å²) in [6.45, 7) is -0.664. The van der Waals surface area contributed by atoms with Crippen LogP contribution in [-0.4, -0.2) is 75.1 Å². The van der Waals surface area contributed by atoms with Gasteiger partial charge in [-0.15, -0.1) is 0 Å². The summed E-state index contributed by atoms with van der Waals surface area (Å²) in [7, 11) is 1.36. The molecular formula is C22H22O11. The van der Waals surface area contributed by atoms with E-state index in [2.05, 4.69) is 0 Å². The lowest BCUT2D eigenvalue weighted by Gasteiger charge is -2.39. The van der Waals surface area contributed by atoms with E-state index in [1.807, 2.05) is 0 Å². The Bertz CT molecular complexity index is 1200. The largest absolute Gasteiger partial charge is 0.508 e. The third-order valence-corrected chi connectivity index (χ3v) is 5.37. The summed E-state index contributed by atoms with van der Waals surface area (Å²) < 4.78 is 21.9. The number of rotatable bonds is 5. The van der Waals surface area contributed by atoms with Crippen molar-refractivity contribution in [1.82, 2.24) is 0 Å². The van der Waals surface area contributed by atoms with E-state index in [4.69, 9.17) is 18.6 Å². The van der Waals surface area contributed by atoms with E-state index in [-0.39, 0.29) is 34.0 Å². The lowest BCUT2D eigenvalue weighted by atomic mass is 9.99. The normalized spacial score (nSPS) is 25.2. The Morgan fingerprint density at radius 2 is 1.70 bits per heavy atom. The van der Waals surface area contributed by atoms with Crippen LogP contribution in [0.2, 0.25) is 0 Å². The van der Waals surface area contributed by atoms with Gasteiger partial charge in [-0.1, -0.05) is 0 Å². The quantitative estimate of drug-likeness (QED) is 0.302. The average molecular weight is 462 g/mol. The molecule has 0 bridgehead atoms. The maximum absolute atomic E-state index is 13.1. The first-order chi connectivity index (χ1) is 15.7. The van der Waals surface area contributed by atoms with Crippen molar-refractivity contribution in [3.63, 3.8) is 0 Å². The van der Waals surface area contributed by atoms with Gasteiger partial charge >= 0.3 is 0 Å². The first kappa shape index (κ1) is 22.8. The first-order valence-electron chi connectivity index (χ1n) is 9.89. The van der Waals surface area contributed by atoms with Crippen molar-refractivity contribution in [3.05, 3.63) is 46.6 Å². The van der Waals surface area contributed by atoms with Crippen LogP contribution in [0.4, 0.5) is 0 Å². The highest BCUT2D eigenvalue weighted by molar-refractivity contribution is 5.88. The van der Waals surface area contributed by atoms with Gasteiger partial charge in [0.15, 0.2) is 5.76 Å². The molecular weight excluding hydrogens is 440 g/mol. The van der Waals surface area contributed by atoms with Gasteiger partial charge in [0, 0.05) is 17.7 Å². The molecule has 1 aromatic heterocycles. The van der Waals surface area contributed by atoms with E-state index in [0.717, 1.165) is 0 Å². The van der Waals surface area contributed by atoms with Crippen LogP contribution in [0.25, 0.3) is 22.3 Å². The summed E-state index contributed by atoms with van der Waals surface area (Å²) in [5, 5.41) is 59.4. The van der Waals surface area contributed by atoms with Crippen molar-refractivity contribution < 1.29 is 49.3 Å². The zero-order valence-electron chi connectivity index (χ0n) is 17.3. The molecule has 2 aromatic carbocycles. The van der Waals surface area contributed by atoms with Crippen LogP contribution in [0, 0.1) is 0 Å². The molecule has 3 aromatic rings. The molecule has 11 nitrogen and oxygen atoms in total. The third-order valence-electron chi connectivity index (χ3n) is 5.37. The Kier molecular flexibility index (Phi) is 6.15. The summed E-state index contributed by atoms with van der Waals surface area (Å²) >= 11 is 0. The number of aliphatic hydroxyl groups excluding tert-OH is 4. The molecule has 0 aliphatic carbocycles. The van der Waals surface area contributed by atoms with Gasteiger partial charge in [-0.3, -0.25) is 4.79 Å². The number of hydrogen-bond acceptors (Lipinski definition) is 11. The number of fused-ring (bicyclic) bond motifs is 1. The molecule has 4 rings (SSSR count). The number of aliphatic hydroxyl groups is 4. The minimum Gasteiger partial charge on any atom is -0.508 e. The molecule has 0 radical (unpaired) electrons. The van der Waals surface area contributed by atoms with Crippen LogP contribution in [0.1, 0.15) is 0 Å². The number of ether oxygens (including phenoxy) is 3. The topological polar surface area (TPSA) is 179 Å². The standard InChI is InChI=1S/C22H22O11/c1-30-11-6-12-15(17(26)19(28)21(31-12)9-2-4-10(24)5-3-9)13(7-11)32-22-20(29)18(27)16(25)14(8-23)33-22/h2-7,14,16,18,20,22-25,27-29H,8H2,1H3/t14?,16-,18+,20?,22-/m1/s1. The molecule has 2 unspecified atom stereocenters. The van der Waals surface area contributed by atoms with Crippen molar-refractivity contribution in [3.8, 4) is 34.3 Å². The minimum atomic E-state index is -1.72. The fraction of sp³-hybridized carbons (Fsp3) is 0.318. The van der Waals surface area contributed by atoms with Gasteiger partial charge in [-0.05, 0) is 24.3 Å². The van der Waals surface area contributed by atoms with Gasteiger partial charge < -0.3 is 49.3 Å². The molecule has 0 amide bonds. The zero-order chi connectivity index (χ0) is 23.9. The van der Waals surface area contributed by atoms with Crippen molar-refractivity contribution >= 4 is 11.0 Å². The Hall–Kier alpha value is -3.35. The maximum Gasteiger partial charge on any atom is 0.238 e. The van der Waals surface area contributed by atoms with Crippen molar-refractivity contribution in [2.45, 2.75) is 30.7 Å². The third kappa shape index (κ3) is 4.08. The van der Waals surface area contributed by atoms with Crippen molar-refractivity contribution in [2.75, 3.05) is 13.7 Å². The molecule has 1 aliphatic rings. The van der Waals surface area contributed by atoms with Gasteiger partial charge in [-0.25, -0.2) is 0 Å². The Labute approximate surface area is 186 Å². The summed E-state index contributed by atoms with van der Waals surface area (Å²) in [5.41, 5.74) is -0.565. The second kappa shape index (κ2) is 8.89. The number of phenolic OH excluding ortho intramolecular Hbond substituents is 1. The molecule has 2 heterocycles. The lowest BCUT2D eigenvalue weighted by molar-refractivity contribution is -0.277. The molecule has 6 N–H and O–H groups in total. The number of methoxy groups -OCH3 is 1. The van der Waals surface area contributed by atoms with Crippen LogP contribution in [0.15, 0.2) is 45.6 Å². The molecule has 1 fully saturated rings. The smallest absolute Gasteiger partial charge is 0.238 e. The molecule has 33 heavy (non-hydrogen) atoms. The van der Waals surface area contributed by atoms with Crippen LogP contribution in [0.3, 0.4) is 0 Å². The zero-order valence-corrected chi connectivity index (χ0v) is 17.3. The predicted octanol–water partition coefficient (Wildman–Crippen LogP) is 0.0585. The van der Waals surface area contributed by atoms with Crippen molar-refractivity contribution in [2.24, 2.45) is 0 Å². The van der Waals surface area contributed by atoms with Gasteiger partial charge in [-0.2, -0.15) is 0 Å². The Morgan fingerprint density at radius 1 is 1.00 bits per heavy atom. The SMILES string of the molecule is COc1cc(O[C@@H]2OC(CO)[C@@H](O)[C@H](O)C2O)c2c(=O)c(O)c(-c3ccc(O)cc3)oc2c1. The summed E-state index contributed by atoms with van der Waals surface area (Å²) in [5.74, 6) is -0.891. The molecule has 0 saturated carbocycles. The van der Waals surface area contributed by atoms with E-state index in [1.165, 1.54) is 43.5 Å². The molecule has 11 heteroatoms. The van der Waals surface area contributed by atoms with Crippen molar-refractivity contribution in [1.29, 1.82) is 0 Å². The highest BCUT2D eigenvalue weighted by Crippen LogP contribution is 2.37. The Morgan fingerprint density at radius 3 is 2.33 bits per heavy atom.